The van der Waals surface area contributed by atoms with Crippen molar-refractivity contribution in [3.63, 3.8) is 0 Å². The van der Waals surface area contributed by atoms with Crippen LogP contribution < -0.4 is 15.4 Å². The van der Waals surface area contributed by atoms with E-state index >= 15 is 0 Å². The standard InChI is InChI=1S/C21H30N4O2/c1-17-10-11-20(27-17)19(25-13-6-7-14-25)16-24-21(22-2)23-12-15-26-18-8-4-3-5-9-18/h3-5,8-11,19H,6-7,12-16H2,1-2H3,(H2,22,23,24). The van der Waals surface area contributed by atoms with Crippen molar-refractivity contribution in [3.8, 4) is 5.75 Å². The van der Waals surface area contributed by atoms with Crippen LogP contribution in [0.5, 0.6) is 5.75 Å². The van der Waals surface area contributed by atoms with Crippen LogP contribution in [0.1, 0.15) is 30.4 Å². The molecule has 1 aromatic carbocycles. The van der Waals surface area contributed by atoms with Gasteiger partial charge < -0.3 is 19.8 Å². The number of hydrogen-bond donors (Lipinski definition) is 2. The third kappa shape index (κ3) is 5.76. The second kappa shape index (κ2) is 10.0. The Morgan fingerprint density at radius 3 is 2.59 bits per heavy atom. The van der Waals surface area contributed by atoms with Crippen LogP contribution in [-0.4, -0.2) is 50.7 Å². The number of para-hydroxylation sites is 1. The highest BCUT2D eigenvalue weighted by Crippen LogP contribution is 2.26. The third-order valence-corrected chi connectivity index (χ3v) is 4.76. The minimum Gasteiger partial charge on any atom is -0.492 e. The predicted molar refractivity (Wildman–Crippen MR) is 108 cm³/mol. The molecule has 1 aromatic heterocycles. The van der Waals surface area contributed by atoms with E-state index in [0.29, 0.717) is 13.2 Å². The molecular formula is C21H30N4O2. The maximum Gasteiger partial charge on any atom is 0.191 e. The number of hydrogen-bond acceptors (Lipinski definition) is 4. The molecule has 1 aliphatic heterocycles. The van der Waals surface area contributed by atoms with Crippen LogP contribution >= 0.6 is 0 Å². The van der Waals surface area contributed by atoms with E-state index in [1.807, 2.05) is 43.3 Å². The van der Waals surface area contributed by atoms with Gasteiger partial charge in [0.2, 0.25) is 0 Å². The lowest BCUT2D eigenvalue weighted by molar-refractivity contribution is 0.213. The summed E-state index contributed by atoms with van der Waals surface area (Å²) in [6.45, 7) is 6.24. The predicted octanol–water partition coefficient (Wildman–Crippen LogP) is 2.97. The molecule has 27 heavy (non-hydrogen) atoms. The molecule has 6 nitrogen and oxygen atoms in total. The number of furan rings is 1. The first-order valence-corrected chi connectivity index (χ1v) is 9.69. The first-order valence-electron chi connectivity index (χ1n) is 9.69. The Morgan fingerprint density at radius 2 is 1.93 bits per heavy atom. The molecule has 0 spiro atoms. The Labute approximate surface area is 161 Å². The van der Waals surface area contributed by atoms with Gasteiger partial charge in [0.05, 0.1) is 12.6 Å². The molecule has 0 bridgehead atoms. The van der Waals surface area contributed by atoms with Crippen LogP contribution in [0.15, 0.2) is 51.9 Å². The fourth-order valence-electron chi connectivity index (χ4n) is 3.36. The number of aryl methyl sites for hydroxylation is 1. The highest BCUT2D eigenvalue weighted by Gasteiger charge is 2.26. The van der Waals surface area contributed by atoms with Crippen molar-refractivity contribution in [3.05, 3.63) is 54.0 Å². The van der Waals surface area contributed by atoms with Gasteiger partial charge in [0.1, 0.15) is 23.9 Å². The van der Waals surface area contributed by atoms with E-state index in [4.69, 9.17) is 9.15 Å². The monoisotopic (exact) mass is 370 g/mol. The molecule has 0 aliphatic carbocycles. The molecule has 3 rings (SSSR count). The lowest BCUT2D eigenvalue weighted by Gasteiger charge is -2.26. The second-order valence-corrected chi connectivity index (χ2v) is 6.75. The number of guanidine groups is 1. The Morgan fingerprint density at radius 1 is 1.15 bits per heavy atom. The van der Waals surface area contributed by atoms with Crippen LogP contribution in [-0.2, 0) is 0 Å². The van der Waals surface area contributed by atoms with Gasteiger partial charge in [0, 0.05) is 13.6 Å². The van der Waals surface area contributed by atoms with Crippen LogP contribution in [0.4, 0.5) is 0 Å². The first-order chi connectivity index (χ1) is 13.3. The quantitative estimate of drug-likeness (QED) is 0.425. The average molecular weight is 370 g/mol. The zero-order valence-electron chi connectivity index (χ0n) is 16.3. The van der Waals surface area contributed by atoms with E-state index in [2.05, 4.69) is 26.6 Å². The van der Waals surface area contributed by atoms with Gasteiger partial charge in [0.15, 0.2) is 5.96 Å². The largest absolute Gasteiger partial charge is 0.492 e. The van der Waals surface area contributed by atoms with E-state index in [-0.39, 0.29) is 6.04 Å². The number of nitrogens with one attached hydrogen (secondary N) is 2. The molecule has 2 heterocycles. The number of aliphatic imine (C=N–C) groups is 1. The molecule has 1 aliphatic rings. The number of ether oxygens (including phenoxy) is 1. The highest BCUT2D eigenvalue weighted by molar-refractivity contribution is 5.79. The van der Waals surface area contributed by atoms with Crippen molar-refractivity contribution in [2.45, 2.75) is 25.8 Å². The van der Waals surface area contributed by atoms with Crippen LogP contribution in [0.2, 0.25) is 0 Å². The van der Waals surface area contributed by atoms with Crippen molar-refractivity contribution in [1.82, 2.24) is 15.5 Å². The first kappa shape index (κ1) is 19.3. The fourth-order valence-corrected chi connectivity index (χ4v) is 3.36. The van der Waals surface area contributed by atoms with Crippen LogP contribution in [0, 0.1) is 6.92 Å². The summed E-state index contributed by atoms with van der Waals surface area (Å²) < 4.78 is 11.6. The molecule has 146 valence electrons. The lowest BCUT2D eigenvalue weighted by Crippen LogP contribution is -2.43. The zero-order valence-corrected chi connectivity index (χ0v) is 16.3. The summed E-state index contributed by atoms with van der Waals surface area (Å²) in [4.78, 5) is 6.80. The molecule has 1 fully saturated rings. The van der Waals surface area contributed by atoms with E-state index in [1.54, 1.807) is 7.05 Å². The normalized spacial score (nSPS) is 16.3. The van der Waals surface area contributed by atoms with Gasteiger partial charge in [-0.05, 0) is 57.1 Å². The molecule has 0 radical (unpaired) electrons. The van der Waals surface area contributed by atoms with Gasteiger partial charge in [-0.3, -0.25) is 9.89 Å². The van der Waals surface area contributed by atoms with Crippen molar-refractivity contribution in [2.75, 3.05) is 39.8 Å². The SMILES string of the molecule is CN=C(NCCOc1ccccc1)NCC(c1ccc(C)o1)N1CCCC1. The van der Waals surface area contributed by atoms with Gasteiger partial charge in [-0.15, -0.1) is 0 Å². The van der Waals surface area contributed by atoms with Gasteiger partial charge in [-0.1, -0.05) is 18.2 Å². The Balaban J connectivity index is 1.47. The number of benzene rings is 1. The molecule has 6 heteroatoms. The van der Waals surface area contributed by atoms with Crippen LogP contribution in [0.25, 0.3) is 0 Å². The number of rotatable bonds is 8. The Kier molecular flexibility index (Phi) is 7.16. The highest BCUT2D eigenvalue weighted by atomic mass is 16.5. The fraction of sp³-hybridized carbons (Fsp3) is 0.476. The smallest absolute Gasteiger partial charge is 0.191 e. The Bertz CT molecular complexity index is 708. The summed E-state index contributed by atoms with van der Waals surface area (Å²) >= 11 is 0. The average Bonchev–Trinajstić information content (AvgIpc) is 3.37. The zero-order chi connectivity index (χ0) is 18.9. The minimum atomic E-state index is 0.223. The molecule has 1 unspecified atom stereocenters. The second-order valence-electron chi connectivity index (χ2n) is 6.75. The van der Waals surface area contributed by atoms with Gasteiger partial charge >= 0.3 is 0 Å². The molecule has 1 atom stereocenters. The maximum atomic E-state index is 5.91. The lowest BCUT2D eigenvalue weighted by atomic mass is 10.2. The summed E-state index contributed by atoms with van der Waals surface area (Å²) in [7, 11) is 1.79. The number of nitrogens with zero attached hydrogens (tertiary/aromatic N) is 2. The third-order valence-electron chi connectivity index (χ3n) is 4.76. The van der Waals surface area contributed by atoms with E-state index in [1.165, 1.54) is 12.8 Å². The Hall–Kier alpha value is -2.47. The van der Waals surface area contributed by atoms with E-state index in [0.717, 1.165) is 42.9 Å². The number of likely N-dealkylation sites (tertiary alicyclic amines) is 1. The van der Waals surface area contributed by atoms with Crippen LogP contribution in [0.3, 0.4) is 0 Å². The van der Waals surface area contributed by atoms with Gasteiger partial charge in [-0.25, -0.2) is 0 Å². The summed E-state index contributed by atoms with van der Waals surface area (Å²) in [6.07, 6.45) is 2.50. The maximum absolute atomic E-state index is 5.91. The molecule has 0 amide bonds. The molecule has 2 N–H and O–H groups in total. The van der Waals surface area contributed by atoms with Crippen molar-refractivity contribution < 1.29 is 9.15 Å². The van der Waals surface area contributed by atoms with Gasteiger partial charge in [-0.2, -0.15) is 0 Å². The van der Waals surface area contributed by atoms with Crippen molar-refractivity contribution in [1.29, 1.82) is 0 Å². The summed E-state index contributed by atoms with van der Waals surface area (Å²) in [5, 5.41) is 6.74. The van der Waals surface area contributed by atoms with Crippen molar-refractivity contribution in [2.24, 2.45) is 4.99 Å². The van der Waals surface area contributed by atoms with E-state index in [9.17, 15) is 0 Å². The molecule has 0 saturated carbocycles. The molecular weight excluding hydrogens is 340 g/mol. The van der Waals surface area contributed by atoms with Gasteiger partial charge in [0.25, 0.3) is 0 Å². The summed E-state index contributed by atoms with van der Waals surface area (Å²) in [5.74, 6) is 3.63. The van der Waals surface area contributed by atoms with Crippen molar-refractivity contribution >= 4 is 5.96 Å². The molecule has 1 saturated heterocycles. The minimum absolute atomic E-state index is 0.223. The summed E-state index contributed by atoms with van der Waals surface area (Å²) in [5.41, 5.74) is 0. The van der Waals surface area contributed by atoms with E-state index < -0.39 is 0 Å². The summed E-state index contributed by atoms with van der Waals surface area (Å²) in [6, 6.07) is 14.2. The molecule has 2 aromatic rings. The topological polar surface area (TPSA) is 62.0 Å².